The molecule has 21 heavy (non-hydrogen) atoms. The van der Waals surface area contributed by atoms with Crippen molar-refractivity contribution in [3.05, 3.63) is 47.0 Å². The fourth-order valence-electron chi connectivity index (χ4n) is 2.43. The maximum Gasteiger partial charge on any atom is 0.339 e. The van der Waals surface area contributed by atoms with Crippen LogP contribution in [0.3, 0.4) is 0 Å². The maximum absolute atomic E-state index is 11.2. The van der Waals surface area contributed by atoms with Crippen molar-refractivity contribution in [3.63, 3.8) is 0 Å². The number of aromatic carboxylic acids is 1. The van der Waals surface area contributed by atoms with Gasteiger partial charge >= 0.3 is 5.97 Å². The average Bonchev–Trinajstić information content (AvgIpc) is 2.96. The highest BCUT2D eigenvalue weighted by Gasteiger charge is 2.26. The predicted octanol–water partition coefficient (Wildman–Crippen LogP) is 2.96. The molecule has 0 radical (unpaired) electrons. The third-order valence-electron chi connectivity index (χ3n) is 3.49. The molecule has 0 unspecified atom stereocenters. The fourth-order valence-corrected chi connectivity index (χ4v) is 2.43. The van der Waals surface area contributed by atoms with Gasteiger partial charge < -0.3 is 14.6 Å². The molecule has 0 saturated heterocycles. The Hall–Kier alpha value is -3.00. The van der Waals surface area contributed by atoms with Crippen molar-refractivity contribution < 1.29 is 19.4 Å². The number of carbonyl (C=O) groups is 1. The largest absolute Gasteiger partial charge is 0.478 e. The third kappa shape index (κ3) is 1.98. The molecule has 0 spiro atoms. The second kappa shape index (κ2) is 4.84. The van der Waals surface area contributed by atoms with Gasteiger partial charge in [-0.3, -0.25) is 0 Å². The van der Waals surface area contributed by atoms with Gasteiger partial charge in [0.15, 0.2) is 11.5 Å². The smallest absolute Gasteiger partial charge is 0.339 e. The van der Waals surface area contributed by atoms with E-state index >= 15 is 0 Å². The zero-order chi connectivity index (χ0) is 15.0. The first kappa shape index (κ1) is 13.0. The first-order valence-corrected chi connectivity index (χ1v) is 6.29. The van der Waals surface area contributed by atoms with E-state index in [0.29, 0.717) is 11.3 Å². The van der Waals surface area contributed by atoms with E-state index in [9.17, 15) is 4.79 Å². The van der Waals surface area contributed by atoms with Gasteiger partial charge in [0.2, 0.25) is 6.79 Å². The number of nitrogens with zero attached hydrogens (tertiary/aromatic N) is 1. The number of carboxylic acids is 1. The van der Waals surface area contributed by atoms with Crippen molar-refractivity contribution in [2.24, 2.45) is 0 Å². The quantitative estimate of drug-likeness (QED) is 0.915. The van der Waals surface area contributed by atoms with Gasteiger partial charge in [-0.05, 0) is 36.2 Å². The van der Waals surface area contributed by atoms with E-state index in [2.05, 4.69) is 6.07 Å². The molecule has 104 valence electrons. The molecule has 1 N–H and O–H groups in total. The molecule has 5 nitrogen and oxygen atoms in total. The van der Waals surface area contributed by atoms with Crippen molar-refractivity contribution >= 4 is 5.97 Å². The van der Waals surface area contributed by atoms with Crippen LogP contribution in [0.2, 0.25) is 0 Å². The van der Waals surface area contributed by atoms with Gasteiger partial charge in [0.05, 0.1) is 11.6 Å². The van der Waals surface area contributed by atoms with E-state index in [1.807, 2.05) is 13.0 Å². The predicted molar refractivity (Wildman–Crippen MR) is 74.4 cm³/mol. The van der Waals surface area contributed by atoms with Crippen molar-refractivity contribution in [2.75, 3.05) is 6.79 Å². The normalized spacial score (nSPS) is 12.0. The van der Waals surface area contributed by atoms with E-state index < -0.39 is 5.97 Å². The number of ether oxygens (including phenoxy) is 2. The number of carboxylic acid groups (broad SMARTS) is 1. The lowest BCUT2D eigenvalue weighted by molar-refractivity contribution is 0.0692. The summed E-state index contributed by atoms with van der Waals surface area (Å²) in [5, 5.41) is 18.3. The van der Waals surface area contributed by atoms with Crippen molar-refractivity contribution in [1.29, 1.82) is 5.26 Å². The number of rotatable bonds is 2. The molecule has 1 aliphatic heterocycles. The molecule has 3 rings (SSSR count). The van der Waals surface area contributed by atoms with Gasteiger partial charge in [0.25, 0.3) is 0 Å². The molecule has 0 fully saturated rings. The summed E-state index contributed by atoms with van der Waals surface area (Å²) in [6.45, 7) is 1.84. The number of benzene rings is 2. The summed E-state index contributed by atoms with van der Waals surface area (Å²) in [5.74, 6) is -0.416. The van der Waals surface area contributed by atoms with Crippen LogP contribution in [0.15, 0.2) is 30.3 Å². The van der Waals surface area contributed by atoms with E-state index in [1.54, 1.807) is 18.2 Å². The molecule has 0 atom stereocenters. The summed E-state index contributed by atoms with van der Waals surface area (Å²) in [5.41, 5.74) is 3.01. The number of hydrogen-bond acceptors (Lipinski definition) is 4. The Morgan fingerprint density at radius 2 is 1.95 bits per heavy atom. The summed E-state index contributed by atoms with van der Waals surface area (Å²) >= 11 is 0. The van der Waals surface area contributed by atoms with Gasteiger partial charge in [-0.25, -0.2) is 4.79 Å². The van der Waals surface area contributed by atoms with Crippen LogP contribution >= 0.6 is 0 Å². The van der Waals surface area contributed by atoms with Gasteiger partial charge in [-0.15, -0.1) is 0 Å². The fraction of sp³-hybridized carbons (Fsp3) is 0.125. The molecule has 0 amide bonds. The highest BCUT2D eigenvalue weighted by Crippen LogP contribution is 2.44. The molecule has 1 aliphatic rings. The van der Waals surface area contributed by atoms with Gasteiger partial charge in [0.1, 0.15) is 5.56 Å². The first-order valence-electron chi connectivity index (χ1n) is 6.29. The Kier molecular flexibility index (Phi) is 2.99. The minimum atomic E-state index is -1.06. The zero-order valence-electron chi connectivity index (χ0n) is 11.2. The molecule has 2 aromatic carbocycles. The summed E-state index contributed by atoms with van der Waals surface area (Å²) in [4.78, 5) is 11.2. The zero-order valence-corrected chi connectivity index (χ0v) is 11.2. The Balaban J connectivity index is 2.24. The number of hydrogen-bond donors (Lipinski definition) is 1. The number of fused-ring (bicyclic) bond motifs is 1. The summed E-state index contributed by atoms with van der Waals surface area (Å²) in [6.07, 6.45) is 0. The Labute approximate surface area is 121 Å². The molecule has 0 aliphatic carbocycles. The second-order valence-electron chi connectivity index (χ2n) is 4.62. The lowest BCUT2D eigenvalue weighted by Crippen LogP contribution is -1.99. The van der Waals surface area contributed by atoms with E-state index in [-0.39, 0.29) is 18.1 Å². The van der Waals surface area contributed by atoms with Crippen LogP contribution < -0.4 is 9.47 Å². The molecular formula is C16H11NO4. The van der Waals surface area contributed by atoms with Crippen molar-refractivity contribution in [1.82, 2.24) is 0 Å². The first-order chi connectivity index (χ1) is 10.1. The second-order valence-corrected chi connectivity index (χ2v) is 4.62. The molecular weight excluding hydrogens is 270 g/mol. The third-order valence-corrected chi connectivity index (χ3v) is 3.49. The van der Waals surface area contributed by atoms with Crippen LogP contribution in [-0.2, 0) is 0 Å². The van der Waals surface area contributed by atoms with Crippen LogP contribution in [0.4, 0.5) is 0 Å². The molecule has 1 heterocycles. The van der Waals surface area contributed by atoms with Crippen molar-refractivity contribution in [2.45, 2.75) is 6.92 Å². The van der Waals surface area contributed by atoms with Gasteiger partial charge in [0, 0.05) is 5.56 Å². The topological polar surface area (TPSA) is 79.6 Å². The van der Waals surface area contributed by atoms with Crippen LogP contribution in [0, 0.1) is 18.3 Å². The molecule has 0 aromatic heterocycles. The van der Waals surface area contributed by atoms with Crippen LogP contribution in [-0.4, -0.2) is 17.9 Å². The van der Waals surface area contributed by atoms with E-state index in [4.69, 9.17) is 19.8 Å². The molecule has 0 saturated carbocycles. The van der Waals surface area contributed by atoms with Crippen LogP contribution in [0.25, 0.3) is 11.1 Å². The Morgan fingerprint density at radius 3 is 2.67 bits per heavy atom. The lowest BCUT2D eigenvalue weighted by Gasteiger charge is -2.11. The van der Waals surface area contributed by atoms with Crippen molar-refractivity contribution in [3.8, 4) is 28.7 Å². The highest BCUT2D eigenvalue weighted by atomic mass is 16.7. The SMILES string of the molecule is Cc1c(C#N)cccc1-c1ccc(C(=O)O)c2c1OCO2. The van der Waals surface area contributed by atoms with Crippen LogP contribution in [0.5, 0.6) is 11.5 Å². The van der Waals surface area contributed by atoms with E-state index in [0.717, 1.165) is 16.7 Å². The van der Waals surface area contributed by atoms with Crippen LogP contribution in [0.1, 0.15) is 21.5 Å². The summed E-state index contributed by atoms with van der Waals surface area (Å²) in [6, 6.07) is 10.7. The standard InChI is InChI=1S/C16H11NO4/c1-9-10(7-17)3-2-4-11(9)12-5-6-13(16(18)19)15-14(12)20-8-21-15/h2-6H,8H2,1H3,(H,18,19). The molecule has 5 heteroatoms. The number of nitriles is 1. The maximum atomic E-state index is 11.2. The lowest BCUT2D eigenvalue weighted by atomic mass is 9.95. The highest BCUT2D eigenvalue weighted by molar-refractivity contribution is 5.95. The van der Waals surface area contributed by atoms with Gasteiger partial charge in [-0.2, -0.15) is 5.26 Å². The average molecular weight is 281 g/mol. The monoisotopic (exact) mass is 281 g/mol. The molecule has 0 bridgehead atoms. The Bertz CT molecular complexity index is 790. The summed E-state index contributed by atoms with van der Waals surface area (Å²) < 4.78 is 10.7. The molecule has 2 aromatic rings. The van der Waals surface area contributed by atoms with E-state index in [1.165, 1.54) is 6.07 Å². The minimum Gasteiger partial charge on any atom is -0.478 e. The van der Waals surface area contributed by atoms with Gasteiger partial charge in [-0.1, -0.05) is 12.1 Å². The minimum absolute atomic E-state index is 0.0103. The summed E-state index contributed by atoms with van der Waals surface area (Å²) in [7, 11) is 0. The Morgan fingerprint density at radius 1 is 1.19 bits per heavy atom.